The number of hydrogen-bond donors (Lipinski definition) is 0. The molecule has 0 radical (unpaired) electrons. The fourth-order valence-electron chi connectivity index (χ4n) is 5.58. The molecular weight excluding hydrogens is 408 g/mol. The van der Waals surface area contributed by atoms with Crippen LogP contribution in [0.1, 0.15) is 151 Å². The molecule has 2 fully saturated rings. The molecule has 2 aliphatic rings. The fraction of sp³-hybridized carbons (Fsp3) is 0.824. The molecule has 0 N–H and O–H groups in total. The molecule has 198 valence electrons. The Morgan fingerprint density at radius 2 is 1.03 bits per heavy atom. The highest BCUT2D eigenvalue weighted by Crippen LogP contribution is 2.34. The third-order valence-corrected chi connectivity index (χ3v) is 7.23. The van der Waals surface area contributed by atoms with Gasteiger partial charge in [0.25, 0.3) is 0 Å². The van der Waals surface area contributed by atoms with E-state index in [0.717, 1.165) is 18.3 Å². The van der Waals surface area contributed by atoms with Crippen LogP contribution >= 0.6 is 0 Å². The molecule has 1 aromatic carbocycles. The van der Waals surface area contributed by atoms with Gasteiger partial charge in [-0.3, -0.25) is 0 Å². The summed E-state index contributed by atoms with van der Waals surface area (Å²) in [4.78, 5) is 0. The molecule has 0 atom stereocenters. The third-order valence-electron chi connectivity index (χ3n) is 7.23. The van der Waals surface area contributed by atoms with E-state index in [4.69, 9.17) is 0 Å². The van der Waals surface area contributed by atoms with Crippen LogP contribution < -0.4 is 0 Å². The molecule has 1 aromatic rings. The molecular formula is C34H62. The molecule has 3 rings (SSSR count). The second kappa shape index (κ2) is 15.4. The Balaban J connectivity index is 0.000000255. The molecule has 0 aromatic heterocycles. The van der Waals surface area contributed by atoms with Gasteiger partial charge in [-0.2, -0.15) is 0 Å². The largest absolute Gasteiger partial charge is 0.0622 e. The maximum atomic E-state index is 2.36. The van der Waals surface area contributed by atoms with Crippen LogP contribution in [0, 0.1) is 28.1 Å². The van der Waals surface area contributed by atoms with Crippen LogP contribution in [0.3, 0.4) is 0 Å². The average molecular weight is 471 g/mol. The summed E-state index contributed by atoms with van der Waals surface area (Å²) in [5.41, 5.74) is 2.95. The molecule has 0 spiro atoms. The van der Waals surface area contributed by atoms with Crippen molar-refractivity contribution in [2.75, 3.05) is 0 Å². The summed E-state index contributed by atoms with van der Waals surface area (Å²) in [6.45, 7) is 21.0. The van der Waals surface area contributed by atoms with Crippen molar-refractivity contribution in [3.8, 4) is 0 Å². The highest BCUT2D eigenvalue weighted by Gasteiger charge is 2.20. The van der Waals surface area contributed by atoms with Gasteiger partial charge in [0.2, 0.25) is 0 Å². The van der Waals surface area contributed by atoms with Gasteiger partial charge in [0.05, 0.1) is 0 Å². The first-order valence-electron chi connectivity index (χ1n) is 14.8. The molecule has 34 heavy (non-hydrogen) atoms. The normalized spacial score (nSPS) is 18.4. The predicted molar refractivity (Wildman–Crippen MR) is 156 cm³/mol. The van der Waals surface area contributed by atoms with Crippen LogP contribution in [-0.4, -0.2) is 0 Å². The van der Waals surface area contributed by atoms with Gasteiger partial charge < -0.3 is 0 Å². The van der Waals surface area contributed by atoms with Crippen molar-refractivity contribution < 1.29 is 0 Å². The van der Waals surface area contributed by atoms with E-state index in [1.54, 1.807) is 0 Å². The lowest BCUT2D eigenvalue weighted by atomic mass is 9.78. The Morgan fingerprint density at radius 1 is 0.559 bits per heavy atom. The first kappa shape index (κ1) is 31.3. The van der Waals surface area contributed by atoms with Crippen LogP contribution in [0.4, 0.5) is 0 Å². The summed E-state index contributed by atoms with van der Waals surface area (Å²) in [5.74, 6) is 2.11. The Morgan fingerprint density at radius 3 is 1.44 bits per heavy atom. The van der Waals surface area contributed by atoms with Gasteiger partial charge in [-0.15, -0.1) is 0 Å². The summed E-state index contributed by atoms with van der Waals surface area (Å²) in [6.07, 6.45) is 20.4. The maximum Gasteiger partial charge on any atom is -0.0230 e. The van der Waals surface area contributed by atoms with E-state index in [0.29, 0.717) is 16.2 Å². The van der Waals surface area contributed by atoms with Gasteiger partial charge >= 0.3 is 0 Å². The van der Waals surface area contributed by atoms with Gasteiger partial charge in [-0.05, 0) is 59.3 Å². The van der Waals surface area contributed by atoms with E-state index < -0.39 is 0 Å². The predicted octanol–water partition coefficient (Wildman–Crippen LogP) is 11.7. The summed E-state index contributed by atoms with van der Waals surface area (Å²) >= 11 is 0. The topological polar surface area (TPSA) is 0 Å². The SMILES string of the molecule is CC(C)(C)CC1CCCCC1.CC(C)(C)CCC1CCCCC1.CC(C)(C)Cc1ccccc1. The molecule has 0 aliphatic heterocycles. The molecule has 2 aliphatic carbocycles. The zero-order valence-corrected chi connectivity index (χ0v) is 24.9. The van der Waals surface area contributed by atoms with E-state index >= 15 is 0 Å². The van der Waals surface area contributed by atoms with Crippen molar-refractivity contribution in [3.63, 3.8) is 0 Å². The van der Waals surface area contributed by atoms with Crippen molar-refractivity contribution in [2.45, 2.75) is 152 Å². The van der Waals surface area contributed by atoms with Crippen LogP contribution in [0.25, 0.3) is 0 Å². The molecule has 0 unspecified atom stereocenters. The first-order valence-corrected chi connectivity index (χ1v) is 14.8. The molecule has 0 heteroatoms. The minimum Gasteiger partial charge on any atom is -0.0622 e. The monoisotopic (exact) mass is 470 g/mol. The highest BCUT2D eigenvalue weighted by atomic mass is 14.3. The third kappa shape index (κ3) is 18.5. The van der Waals surface area contributed by atoms with Crippen LogP contribution in [-0.2, 0) is 6.42 Å². The lowest BCUT2D eigenvalue weighted by Gasteiger charge is -2.28. The fourth-order valence-corrected chi connectivity index (χ4v) is 5.58. The molecule has 0 nitrogen and oxygen atoms in total. The standard InChI is InChI=1S/C12H24.C11H22.C11H16/c1-12(2,3)10-9-11-7-5-4-6-8-11;2*1-11(2,3)9-10-7-5-4-6-8-10/h11H,4-10H2,1-3H3;10H,4-9H2,1-3H3;4-8H,9H2,1-3H3. The minimum atomic E-state index is 0.404. The zero-order valence-electron chi connectivity index (χ0n) is 24.9. The van der Waals surface area contributed by atoms with Crippen molar-refractivity contribution in [2.24, 2.45) is 28.1 Å². The highest BCUT2D eigenvalue weighted by molar-refractivity contribution is 5.15. The van der Waals surface area contributed by atoms with E-state index in [2.05, 4.69) is 92.6 Å². The molecule has 0 saturated heterocycles. The quantitative estimate of drug-likeness (QED) is 0.410. The number of rotatable bonds is 4. The smallest absolute Gasteiger partial charge is 0.0230 e. The van der Waals surface area contributed by atoms with Gasteiger partial charge in [-0.25, -0.2) is 0 Å². The second-order valence-electron chi connectivity index (χ2n) is 15.1. The van der Waals surface area contributed by atoms with Crippen molar-refractivity contribution in [1.29, 1.82) is 0 Å². The summed E-state index contributed by atoms with van der Waals surface area (Å²) in [6, 6.07) is 10.6. The van der Waals surface area contributed by atoms with Crippen LogP contribution in [0.2, 0.25) is 0 Å². The van der Waals surface area contributed by atoms with Crippen LogP contribution in [0.15, 0.2) is 30.3 Å². The van der Waals surface area contributed by atoms with E-state index in [-0.39, 0.29) is 0 Å². The number of hydrogen-bond acceptors (Lipinski definition) is 0. The van der Waals surface area contributed by atoms with Crippen molar-refractivity contribution in [3.05, 3.63) is 35.9 Å². The zero-order chi connectivity index (χ0) is 25.7. The Hall–Kier alpha value is -0.780. The first-order chi connectivity index (χ1) is 15.7. The maximum absolute atomic E-state index is 2.36. The van der Waals surface area contributed by atoms with Gasteiger partial charge in [0.15, 0.2) is 0 Å². The summed E-state index contributed by atoms with van der Waals surface area (Å²) in [5, 5.41) is 0. The Kier molecular flexibility index (Phi) is 14.1. The summed E-state index contributed by atoms with van der Waals surface area (Å²) in [7, 11) is 0. The lowest BCUT2D eigenvalue weighted by Crippen LogP contribution is -2.15. The Labute approximate surface area is 216 Å². The average Bonchev–Trinajstić information content (AvgIpc) is 2.73. The second-order valence-corrected chi connectivity index (χ2v) is 15.1. The van der Waals surface area contributed by atoms with Gasteiger partial charge in [-0.1, -0.05) is 157 Å². The van der Waals surface area contributed by atoms with E-state index in [1.165, 1.54) is 89.0 Å². The number of benzene rings is 1. The minimum absolute atomic E-state index is 0.404. The van der Waals surface area contributed by atoms with Crippen molar-refractivity contribution >= 4 is 0 Å². The molecule has 0 amide bonds. The van der Waals surface area contributed by atoms with E-state index in [1.807, 2.05) is 0 Å². The molecule has 0 heterocycles. The van der Waals surface area contributed by atoms with Crippen molar-refractivity contribution in [1.82, 2.24) is 0 Å². The summed E-state index contributed by atoms with van der Waals surface area (Å²) < 4.78 is 0. The Bertz CT molecular complexity index is 592. The molecule has 0 bridgehead atoms. The molecule has 2 saturated carbocycles. The van der Waals surface area contributed by atoms with Gasteiger partial charge in [0, 0.05) is 0 Å². The lowest BCUT2D eigenvalue weighted by molar-refractivity contribution is 0.240. The van der Waals surface area contributed by atoms with Gasteiger partial charge in [0.1, 0.15) is 0 Å². The van der Waals surface area contributed by atoms with E-state index in [9.17, 15) is 0 Å². The van der Waals surface area contributed by atoms with Crippen LogP contribution in [0.5, 0.6) is 0 Å².